The predicted octanol–water partition coefficient (Wildman–Crippen LogP) is 5.57. The summed E-state index contributed by atoms with van der Waals surface area (Å²) in [5, 5.41) is 1.27. The molecule has 1 N–H and O–H groups in total. The average molecular weight is 380 g/mol. The molecule has 4 aromatic rings. The zero-order valence-electron chi connectivity index (χ0n) is 16.8. The molecule has 3 heteroatoms. The first-order chi connectivity index (χ1) is 14.1. The molecular weight excluding hydrogens is 356 g/mol. The summed E-state index contributed by atoms with van der Waals surface area (Å²) in [4.78, 5) is 19.2. The van der Waals surface area contributed by atoms with Crippen LogP contribution in [0.2, 0.25) is 0 Å². The third-order valence-corrected chi connectivity index (χ3v) is 5.95. The van der Waals surface area contributed by atoms with Crippen molar-refractivity contribution in [3.63, 3.8) is 0 Å². The number of carbonyl (C=O) groups excluding carboxylic acids is 1. The molecule has 1 aromatic heterocycles. The van der Waals surface area contributed by atoms with E-state index >= 15 is 0 Å². The van der Waals surface area contributed by atoms with E-state index in [4.69, 9.17) is 0 Å². The highest BCUT2D eigenvalue weighted by Crippen LogP contribution is 2.39. The number of aryl methyl sites for hydroxylation is 2. The molecule has 0 aliphatic carbocycles. The number of benzene rings is 3. The van der Waals surface area contributed by atoms with Crippen molar-refractivity contribution in [1.82, 2.24) is 9.88 Å². The van der Waals surface area contributed by atoms with Gasteiger partial charge in [-0.05, 0) is 49.6 Å². The molecule has 29 heavy (non-hydrogen) atoms. The maximum Gasteiger partial charge on any atom is 0.254 e. The van der Waals surface area contributed by atoms with E-state index in [1.54, 1.807) is 0 Å². The van der Waals surface area contributed by atoms with Crippen molar-refractivity contribution in [1.29, 1.82) is 0 Å². The van der Waals surface area contributed by atoms with Crippen LogP contribution < -0.4 is 0 Å². The van der Waals surface area contributed by atoms with Crippen molar-refractivity contribution >= 4 is 16.8 Å². The van der Waals surface area contributed by atoms with Crippen LogP contribution >= 0.6 is 0 Å². The van der Waals surface area contributed by atoms with Crippen LogP contribution in [0.3, 0.4) is 0 Å². The highest BCUT2D eigenvalue weighted by atomic mass is 16.2. The minimum Gasteiger partial charge on any atom is -0.356 e. The van der Waals surface area contributed by atoms with Gasteiger partial charge in [-0.15, -0.1) is 0 Å². The summed E-state index contributed by atoms with van der Waals surface area (Å²) in [7, 11) is 0. The van der Waals surface area contributed by atoms with E-state index in [1.165, 1.54) is 16.5 Å². The number of nitrogens with zero attached hydrogens (tertiary/aromatic N) is 1. The molecule has 1 amide bonds. The third-order valence-electron chi connectivity index (χ3n) is 5.95. The van der Waals surface area contributed by atoms with Gasteiger partial charge in [-0.2, -0.15) is 0 Å². The Bertz CT molecular complexity index is 1200. The summed E-state index contributed by atoms with van der Waals surface area (Å²) >= 11 is 0. The van der Waals surface area contributed by atoms with Gasteiger partial charge >= 0.3 is 0 Å². The summed E-state index contributed by atoms with van der Waals surface area (Å²) < 4.78 is 0. The number of fused-ring (bicyclic) bond motifs is 3. The number of carbonyl (C=O) groups is 1. The Morgan fingerprint density at radius 1 is 0.931 bits per heavy atom. The van der Waals surface area contributed by atoms with Crippen molar-refractivity contribution in [2.24, 2.45) is 0 Å². The summed E-state index contributed by atoms with van der Waals surface area (Å²) in [6.07, 6.45) is 0.860. The number of amides is 1. The van der Waals surface area contributed by atoms with Gasteiger partial charge in [0.05, 0.1) is 6.04 Å². The number of H-pyrrole nitrogens is 1. The fourth-order valence-corrected chi connectivity index (χ4v) is 4.51. The minimum atomic E-state index is -0.111. The molecule has 3 aromatic carbocycles. The minimum absolute atomic E-state index is 0.0841. The Balaban J connectivity index is 1.66. The van der Waals surface area contributed by atoms with E-state index in [9.17, 15) is 4.79 Å². The fraction of sp³-hybridized carbons (Fsp3) is 0.192. The van der Waals surface area contributed by atoms with Crippen molar-refractivity contribution < 1.29 is 4.79 Å². The Hall–Kier alpha value is -3.33. The maximum atomic E-state index is 13.5. The van der Waals surface area contributed by atoms with Crippen molar-refractivity contribution in [2.75, 3.05) is 6.54 Å². The molecule has 0 unspecified atom stereocenters. The van der Waals surface area contributed by atoms with E-state index in [0.29, 0.717) is 6.54 Å². The lowest BCUT2D eigenvalue weighted by atomic mass is 9.91. The molecule has 0 radical (unpaired) electrons. The molecule has 2 heterocycles. The van der Waals surface area contributed by atoms with E-state index in [2.05, 4.69) is 60.4 Å². The number of aromatic nitrogens is 1. The van der Waals surface area contributed by atoms with E-state index in [0.717, 1.165) is 34.3 Å². The molecule has 0 saturated carbocycles. The Kier molecular flexibility index (Phi) is 4.24. The number of nitrogens with one attached hydrogen (secondary N) is 1. The number of hydrogen-bond donors (Lipinski definition) is 1. The second-order valence-electron chi connectivity index (χ2n) is 7.99. The maximum absolute atomic E-state index is 13.5. The zero-order valence-corrected chi connectivity index (χ0v) is 16.8. The smallest absolute Gasteiger partial charge is 0.254 e. The molecule has 1 aliphatic rings. The van der Waals surface area contributed by atoms with Crippen LogP contribution in [-0.2, 0) is 6.42 Å². The number of aromatic amines is 1. The molecule has 144 valence electrons. The molecule has 3 nitrogen and oxygen atoms in total. The van der Waals surface area contributed by atoms with E-state index in [-0.39, 0.29) is 11.9 Å². The lowest BCUT2D eigenvalue weighted by Crippen LogP contribution is -2.40. The van der Waals surface area contributed by atoms with Crippen molar-refractivity contribution in [3.05, 3.63) is 106 Å². The fourth-order valence-electron chi connectivity index (χ4n) is 4.51. The van der Waals surface area contributed by atoms with Gasteiger partial charge in [-0.3, -0.25) is 4.79 Å². The summed E-state index contributed by atoms with van der Waals surface area (Å²) in [6.45, 7) is 4.85. The Labute approximate surface area is 171 Å². The summed E-state index contributed by atoms with van der Waals surface area (Å²) in [6, 6.07) is 24.7. The zero-order chi connectivity index (χ0) is 20.0. The second kappa shape index (κ2) is 6.93. The quantitative estimate of drug-likeness (QED) is 0.485. The van der Waals surface area contributed by atoms with Gasteiger partial charge < -0.3 is 9.88 Å². The Morgan fingerprint density at radius 3 is 2.52 bits per heavy atom. The van der Waals surface area contributed by atoms with Crippen molar-refractivity contribution in [3.8, 4) is 0 Å². The largest absolute Gasteiger partial charge is 0.356 e. The molecule has 0 saturated heterocycles. The first-order valence-corrected chi connectivity index (χ1v) is 10.2. The SMILES string of the molecule is Cc1ccc(C(=O)N2CCc3c([nH]c4ccccc34)[C@@H]2c2cccc(C)c2)cc1. The number of hydrogen-bond acceptors (Lipinski definition) is 1. The van der Waals surface area contributed by atoms with Crippen LogP contribution in [0.1, 0.15) is 44.3 Å². The summed E-state index contributed by atoms with van der Waals surface area (Å²) in [5.41, 5.74) is 7.87. The summed E-state index contributed by atoms with van der Waals surface area (Å²) in [5.74, 6) is 0.0841. The standard InChI is InChI=1S/C26H24N2O/c1-17-10-12-19(13-11-17)26(29)28-15-14-22-21-8-3-4-9-23(21)27-24(22)25(28)20-7-5-6-18(2)16-20/h3-13,16,25,27H,14-15H2,1-2H3/t25-/m0/s1. The molecule has 0 fully saturated rings. The topological polar surface area (TPSA) is 36.1 Å². The van der Waals surface area contributed by atoms with Gasteiger partial charge in [0.1, 0.15) is 0 Å². The van der Waals surface area contributed by atoms with Gasteiger partial charge in [0.25, 0.3) is 5.91 Å². The van der Waals surface area contributed by atoms with Crippen LogP contribution in [-0.4, -0.2) is 22.3 Å². The second-order valence-corrected chi connectivity index (χ2v) is 7.99. The molecule has 5 rings (SSSR count). The normalized spacial score (nSPS) is 16.1. The van der Waals surface area contributed by atoms with Crippen molar-refractivity contribution in [2.45, 2.75) is 26.3 Å². The third kappa shape index (κ3) is 3.03. The molecule has 1 atom stereocenters. The first-order valence-electron chi connectivity index (χ1n) is 10.2. The molecular formula is C26H24N2O. The monoisotopic (exact) mass is 380 g/mol. The lowest BCUT2D eigenvalue weighted by molar-refractivity contribution is 0.0692. The lowest BCUT2D eigenvalue weighted by Gasteiger charge is -2.36. The predicted molar refractivity (Wildman–Crippen MR) is 117 cm³/mol. The first kappa shape index (κ1) is 17.7. The number of rotatable bonds is 2. The van der Waals surface area contributed by atoms with Gasteiger partial charge in [-0.1, -0.05) is 65.7 Å². The van der Waals surface area contributed by atoms with E-state index < -0.39 is 0 Å². The molecule has 1 aliphatic heterocycles. The molecule has 0 bridgehead atoms. The molecule has 0 spiro atoms. The highest BCUT2D eigenvalue weighted by Gasteiger charge is 2.34. The van der Waals surface area contributed by atoms with Gasteiger partial charge in [0, 0.05) is 28.7 Å². The van der Waals surface area contributed by atoms with Crippen LogP contribution in [0.4, 0.5) is 0 Å². The highest BCUT2D eigenvalue weighted by molar-refractivity contribution is 5.95. The Morgan fingerprint density at radius 2 is 1.72 bits per heavy atom. The van der Waals surface area contributed by atoms with Gasteiger partial charge in [0.2, 0.25) is 0 Å². The average Bonchev–Trinajstić information content (AvgIpc) is 3.12. The number of para-hydroxylation sites is 1. The van der Waals surface area contributed by atoms with E-state index in [1.807, 2.05) is 36.1 Å². The van der Waals surface area contributed by atoms with Gasteiger partial charge in [-0.25, -0.2) is 0 Å². The van der Waals surface area contributed by atoms with Crippen LogP contribution in [0.15, 0.2) is 72.8 Å². The van der Waals surface area contributed by atoms with Gasteiger partial charge in [0.15, 0.2) is 0 Å². The van der Waals surface area contributed by atoms with Crippen LogP contribution in [0, 0.1) is 13.8 Å². The van der Waals surface area contributed by atoms with Crippen LogP contribution in [0.25, 0.3) is 10.9 Å². The van der Waals surface area contributed by atoms with Crippen LogP contribution in [0.5, 0.6) is 0 Å².